The van der Waals surface area contributed by atoms with Gasteiger partial charge >= 0.3 is 6.09 Å². The molecule has 1 aliphatic carbocycles. The molecule has 0 unspecified atom stereocenters. The number of amides is 1. The summed E-state index contributed by atoms with van der Waals surface area (Å²) in [5.41, 5.74) is -0.202. The molecule has 1 aromatic carbocycles. The lowest BCUT2D eigenvalue weighted by Crippen LogP contribution is -2.53. The summed E-state index contributed by atoms with van der Waals surface area (Å²) in [6.45, 7) is 5.75. The van der Waals surface area contributed by atoms with Crippen LogP contribution in [0.15, 0.2) is 18.2 Å². The maximum absolute atomic E-state index is 13.9. The Hall–Kier alpha value is -1.62. The largest absolute Gasteiger partial charge is 0.465 e. The predicted octanol–water partition coefficient (Wildman–Crippen LogP) is 3.08. The number of halogens is 1. The summed E-state index contributed by atoms with van der Waals surface area (Å²) in [4.78, 5) is 12.1. The fraction of sp³-hybridized carbons (Fsp3) is 0.562. The highest BCUT2D eigenvalue weighted by Crippen LogP contribution is 2.44. The van der Waals surface area contributed by atoms with Gasteiger partial charge in [0, 0.05) is 25.9 Å². The average molecular weight is 295 g/mol. The molecule has 116 valence electrons. The topological polar surface area (TPSA) is 60.8 Å². The van der Waals surface area contributed by atoms with Crippen LogP contribution in [0.3, 0.4) is 0 Å². The van der Waals surface area contributed by atoms with Gasteiger partial charge in [-0.1, -0.05) is 26.8 Å². The first-order chi connectivity index (χ1) is 9.54. The van der Waals surface area contributed by atoms with Gasteiger partial charge in [-0.05, 0) is 28.7 Å². The first kappa shape index (κ1) is 15.8. The van der Waals surface area contributed by atoms with Gasteiger partial charge in [-0.3, -0.25) is 0 Å². The minimum Gasteiger partial charge on any atom is -0.465 e. The number of aliphatic hydroxyl groups is 1. The molecule has 0 atom stereocenters. The van der Waals surface area contributed by atoms with Crippen molar-refractivity contribution >= 4 is 6.09 Å². The molecule has 1 aromatic rings. The first-order valence-corrected chi connectivity index (χ1v) is 7.03. The number of nitrogens with zero attached hydrogens (tertiary/aromatic N) is 1. The van der Waals surface area contributed by atoms with Crippen LogP contribution in [-0.4, -0.2) is 34.3 Å². The molecule has 2 rings (SSSR count). The summed E-state index contributed by atoms with van der Waals surface area (Å²) in [7, 11) is 1.50. The van der Waals surface area contributed by atoms with E-state index < -0.39 is 11.7 Å². The third kappa shape index (κ3) is 2.88. The van der Waals surface area contributed by atoms with Gasteiger partial charge in [-0.15, -0.1) is 0 Å². The molecule has 0 aliphatic heterocycles. The minimum absolute atomic E-state index is 0.198. The molecular formula is C16H22FNO3. The molecule has 2 N–H and O–H groups in total. The van der Waals surface area contributed by atoms with E-state index in [4.69, 9.17) is 5.11 Å². The van der Waals surface area contributed by atoms with Gasteiger partial charge in [-0.25, -0.2) is 9.18 Å². The summed E-state index contributed by atoms with van der Waals surface area (Å²) in [6.07, 6.45) is -0.327. The van der Waals surface area contributed by atoms with Crippen LogP contribution >= 0.6 is 0 Å². The van der Waals surface area contributed by atoms with Crippen LogP contribution in [-0.2, 0) is 11.0 Å². The van der Waals surface area contributed by atoms with Crippen molar-refractivity contribution in [2.45, 2.75) is 50.7 Å². The Balaban J connectivity index is 2.23. The normalized spacial score (nSPS) is 25.3. The summed E-state index contributed by atoms with van der Waals surface area (Å²) in [6, 6.07) is 4.46. The highest BCUT2D eigenvalue weighted by molar-refractivity contribution is 5.65. The molecule has 0 heterocycles. The van der Waals surface area contributed by atoms with Gasteiger partial charge in [0.2, 0.25) is 0 Å². The lowest BCUT2D eigenvalue weighted by Gasteiger charge is -2.47. The van der Waals surface area contributed by atoms with E-state index in [9.17, 15) is 14.3 Å². The fourth-order valence-corrected chi connectivity index (χ4v) is 2.78. The number of hydrogen-bond donors (Lipinski definition) is 2. The molecular weight excluding hydrogens is 273 g/mol. The molecule has 0 spiro atoms. The lowest BCUT2D eigenvalue weighted by atomic mass is 9.70. The Labute approximate surface area is 124 Å². The van der Waals surface area contributed by atoms with Crippen LogP contribution < -0.4 is 0 Å². The Morgan fingerprint density at radius 3 is 2.43 bits per heavy atom. The fourth-order valence-electron chi connectivity index (χ4n) is 2.78. The zero-order valence-corrected chi connectivity index (χ0v) is 12.9. The van der Waals surface area contributed by atoms with Crippen LogP contribution in [0.4, 0.5) is 9.18 Å². The van der Waals surface area contributed by atoms with Crippen molar-refractivity contribution in [2.24, 2.45) is 0 Å². The van der Waals surface area contributed by atoms with E-state index in [1.54, 1.807) is 12.1 Å². The molecule has 1 aliphatic rings. The molecule has 5 heteroatoms. The van der Waals surface area contributed by atoms with Gasteiger partial charge in [0.25, 0.3) is 0 Å². The third-order valence-electron chi connectivity index (χ3n) is 4.31. The molecule has 1 saturated carbocycles. The number of carboxylic acid groups (broad SMARTS) is 1. The maximum atomic E-state index is 13.9. The van der Waals surface area contributed by atoms with E-state index in [0.717, 1.165) is 0 Å². The third-order valence-corrected chi connectivity index (χ3v) is 4.31. The van der Waals surface area contributed by atoms with E-state index >= 15 is 0 Å². The van der Waals surface area contributed by atoms with E-state index in [1.165, 1.54) is 18.0 Å². The van der Waals surface area contributed by atoms with Crippen LogP contribution in [0.25, 0.3) is 0 Å². The van der Waals surface area contributed by atoms with E-state index in [2.05, 4.69) is 0 Å². The van der Waals surface area contributed by atoms with Crippen molar-refractivity contribution in [2.75, 3.05) is 7.05 Å². The van der Waals surface area contributed by atoms with Crippen LogP contribution in [0.2, 0.25) is 0 Å². The second-order valence-electron chi connectivity index (χ2n) is 6.93. The highest BCUT2D eigenvalue weighted by atomic mass is 19.1. The van der Waals surface area contributed by atoms with Crippen molar-refractivity contribution in [1.29, 1.82) is 0 Å². The lowest BCUT2D eigenvalue weighted by molar-refractivity contribution is -0.0865. The van der Waals surface area contributed by atoms with Crippen molar-refractivity contribution in [3.63, 3.8) is 0 Å². The molecule has 0 radical (unpaired) electrons. The Kier molecular flexibility index (Phi) is 3.74. The second-order valence-corrected chi connectivity index (χ2v) is 6.93. The van der Waals surface area contributed by atoms with Gasteiger partial charge in [0.15, 0.2) is 0 Å². The molecule has 0 bridgehead atoms. The predicted molar refractivity (Wildman–Crippen MR) is 77.8 cm³/mol. The summed E-state index contributed by atoms with van der Waals surface area (Å²) in [5.74, 6) is -0.284. The highest BCUT2D eigenvalue weighted by Gasteiger charge is 2.47. The molecule has 0 aromatic heterocycles. The standard InChI is InChI=1S/C16H22FNO3/c1-15(2,3)12-7-10(5-6-13(12)17)16(21)8-11(9-16)18(4)14(19)20/h5-7,11,21H,8-9H2,1-4H3,(H,19,20). The Morgan fingerprint density at radius 2 is 1.95 bits per heavy atom. The van der Waals surface area contributed by atoms with E-state index in [0.29, 0.717) is 24.0 Å². The van der Waals surface area contributed by atoms with Crippen LogP contribution in [0.1, 0.15) is 44.7 Å². The zero-order valence-electron chi connectivity index (χ0n) is 12.9. The van der Waals surface area contributed by atoms with Crippen molar-refractivity contribution in [3.8, 4) is 0 Å². The van der Waals surface area contributed by atoms with Gasteiger partial charge in [-0.2, -0.15) is 0 Å². The molecule has 21 heavy (non-hydrogen) atoms. The number of hydrogen-bond acceptors (Lipinski definition) is 2. The van der Waals surface area contributed by atoms with E-state index in [1.807, 2.05) is 20.8 Å². The van der Waals surface area contributed by atoms with Crippen molar-refractivity contribution in [3.05, 3.63) is 35.1 Å². The average Bonchev–Trinajstić information content (AvgIpc) is 2.33. The summed E-state index contributed by atoms with van der Waals surface area (Å²) in [5, 5.41) is 19.6. The quantitative estimate of drug-likeness (QED) is 0.881. The van der Waals surface area contributed by atoms with Gasteiger partial charge in [0.1, 0.15) is 5.82 Å². The van der Waals surface area contributed by atoms with E-state index in [-0.39, 0.29) is 17.3 Å². The Bertz CT molecular complexity index is 559. The van der Waals surface area contributed by atoms with Gasteiger partial charge in [0.05, 0.1) is 5.60 Å². The van der Waals surface area contributed by atoms with Crippen LogP contribution in [0, 0.1) is 5.82 Å². The Morgan fingerprint density at radius 1 is 1.38 bits per heavy atom. The molecule has 1 amide bonds. The molecule has 1 fully saturated rings. The van der Waals surface area contributed by atoms with Gasteiger partial charge < -0.3 is 15.1 Å². The maximum Gasteiger partial charge on any atom is 0.407 e. The molecule has 0 saturated heterocycles. The van der Waals surface area contributed by atoms with Crippen molar-refractivity contribution in [1.82, 2.24) is 4.90 Å². The first-order valence-electron chi connectivity index (χ1n) is 7.03. The number of benzene rings is 1. The van der Waals surface area contributed by atoms with Crippen molar-refractivity contribution < 1.29 is 19.4 Å². The number of carbonyl (C=O) groups is 1. The SMILES string of the molecule is CN(C(=O)O)C1CC(O)(c2ccc(F)c(C(C)(C)C)c2)C1. The monoisotopic (exact) mass is 295 g/mol. The van der Waals surface area contributed by atoms with Crippen LogP contribution in [0.5, 0.6) is 0 Å². The zero-order chi connectivity index (χ0) is 16.0. The summed E-state index contributed by atoms with van der Waals surface area (Å²) < 4.78 is 13.9. The number of rotatable bonds is 2. The smallest absolute Gasteiger partial charge is 0.407 e. The second kappa shape index (κ2) is 4.98. The summed E-state index contributed by atoms with van der Waals surface area (Å²) >= 11 is 0. The minimum atomic E-state index is -1.07. The molecule has 4 nitrogen and oxygen atoms in total.